The van der Waals surface area contributed by atoms with Crippen LogP contribution in [0.1, 0.15) is 23.0 Å². The van der Waals surface area contributed by atoms with E-state index < -0.39 is 11.8 Å². The Morgan fingerprint density at radius 3 is 2.44 bits per heavy atom. The quantitative estimate of drug-likeness (QED) is 0.661. The fourth-order valence-electron chi connectivity index (χ4n) is 2.58. The summed E-state index contributed by atoms with van der Waals surface area (Å²) in [5, 5.41) is 0. The molecular formula is C20H17FN2O2. The van der Waals surface area contributed by atoms with E-state index in [1.165, 1.54) is 12.1 Å². The van der Waals surface area contributed by atoms with Gasteiger partial charge in [0.25, 0.3) is 0 Å². The van der Waals surface area contributed by atoms with Crippen molar-refractivity contribution in [3.05, 3.63) is 71.7 Å². The molecule has 1 aromatic heterocycles. The Kier molecular flexibility index (Phi) is 4.84. The van der Waals surface area contributed by atoms with E-state index in [2.05, 4.69) is 9.97 Å². The standard InChI is InChI=1S/C20H17FN2O2/c1-3-25-20(24)17-13(2)22-19(14-8-5-4-6-9-14)23-18(17)15-10-7-11-16(21)12-15/h4-12H,3H2,1-2H3. The van der Waals surface area contributed by atoms with Gasteiger partial charge in [0.05, 0.1) is 18.0 Å². The highest BCUT2D eigenvalue weighted by molar-refractivity contribution is 5.97. The van der Waals surface area contributed by atoms with Crippen molar-refractivity contribution in [2.45, 2.75) is 13.8 Å². The normalized spacial score (nSPS) is 10.5. The number of esters is 1. The molecule has 1 heterocycles. The second kappa shape index (κ2) is 7.21. The smallest absolute Gasteiger partial charge is 0.342 e. The van der Waals surface area contributed by atoms with Gasteiger partial charge in [-0.3, -0.25) is 0 Å². The topological polar surface area (TPSA) is 52.1 Å². The number of benzene rings is 2. The molecule has 0 spiro atoms. The van der Waals surface area contributed by atoms with E-state index in [0.717, 1.165) is 5.56 Å². The number of hydrogen-bond donors (Lipinski definition) is 0. The fraction of sp³-hybridized carbons (Fsp3) is 0.150. The van der Waals surface area contributed by atoms with Crippen LogP contribution in [0.5, 0.6) is 0 Å². The lowest BCUT2D eigenvalue weighted by atomic mass is 10.0. The molecule has 0 saturated heterocycles. The van der Waals surface area contributed by atoms with Gasteiger partial charge in [-0.05, 0) is 26.0 Å². The Morgan fingerprint density at radius 1 is 1.04 bits per heavy atom. The molecule has 25 heavy (non-hydrogen) atoms. The predicted octanol–water partition coefficient (Wildman–Crippen LogP) is 4.43. The third kappa shape index (κ3) is 3.55. The molecule has 126 valence electrons. The number of aromatic nitrogens is 2. The Hall–Kier alpha value is -3.08. The minimum atomic E-state index is -0.515. The molecule has 0 aliphatic carbocycles. The largest absolute Gasteiger partial charge is 0.462 e. The number of carbonyl (C=O) groups is 1. The third-order valence-electron chi connectivity index (χ3n) is 3.70. The molecule has 3 rings (SSSR count). The molecule has 0 aliphatic rings. The number of carbonyl (C=O) groups excluding carboxylic acids is 1. The molecule has 0 bridgehead atoms. The number of halogens is 1. The lowest BCUT2D eigenvalue weighted by molar-refractivity contribution is 0.0525. The van der Waals surface area contributed by atoms with Gasteiger partial charge in [0.15, 0.2) is 5.82 Å². The van der Waals surface area contributed by atoms with Gasteiger partial charge in [0, 0.05) is 11.1 Å². The number of rotatable bonds is 4. The molecule has 0 radical (unpaired) electrons. The van der Waals surface area contributed by atoms with Crippen LogP contribution < -0.4 is 0 Å². The second-order valence-electron chi connectivity index (χ2n) is 5.45. The maximum atomic E-state index is 13.7. The van der Waals surface area contributed by atoms with E-state index in [9.17, 15) is 9.18 Å². The van der Waals surface area contributed by atoms with Crippen molar-refractivity contribution in [3.63, 3.8) is 0 Å². The Morgan fingerprint density at radius 2 is 1.76 bits per heavy atom. The highest BCUT2D eigenvalue weighted by Gasteiger charge is 2.21. The van der Waals surface area contributed by atoms with E-state index in [1.807, 2.05) is 30.3 Å². The van der Waals surface area contributed by atoms with E-state index in [0.29, 0.717) is 22.8 Å². The van der Waals surface area contributed by atoms with Gasteiger partial charge in [-0.1, -0.05) is 42.5 Å². The van der Waals surface area contributed by atoms with Crippen molar-refractivity contribution >= 4 is 5.97 Å². The highest BCUT2D eigenvalue weighted by Crippen LogP contribution is 2.28. The average molecular weight is 336 g/mol. The molecule has 0 aliphatic heterocycles. The van der Waals surface area contributed by atoms with Crippen LogP contribution in [0, 0.1) is 12.7 Å². The highest BCUT2D eigenvalue weighted by atomic mass is 19.1. The zero-order valence-electron chi connectivity index (χ0n) is 14.0. The van der Waals surface area contributed by atoms with Gasteiger partial charge in [-0.2, -0.15) is 0 Å². The summed E-state index contributed by atoms with van der Waals surface area (Å²) < 4.78 is 18.8. The molecule has 3 aromatic rings. The molecular weight excluding hydrogens is 319 g/mol. The van der Waals surface area contributed by atoms with Crippen LogP contribution in [0.15, 0.2) is 54.6 Å². The molecule has 0 unspecified atom stereocenters. The SMILES string of the molecule is CCOC(=O)c1c(C)nc(-c2ccccc2)nc1-c1cccc(F)c1. The van der Waals surface area contributed by atoms with Crippen molar-refractivity contribution in [3.8, 4) is 22.6 Å². The zero-order chi connectivity index (χ0) is 17.8. The summed E-state index contributed by atoms with van der Waals surface area (Å²) in [6.45, 7) is 3.69. The van der Waals surface area contributed by atoms with Crippen molar-refractivity contribution in [2.24, 2.45) is 0 Å². The Balaban J connectivity index is 2.24. The van der Waals surface area contributed by atoms with E-state index >= 15 is 0 Å². The first-order chi connectivity index (χ1) is 12.1. The zero-order valence-corrected chi connectivity index (χ0v) is 14.0. The Bertz CT molecular complexity index is 911. The maximum Gasteiger partial charge on any atom is 0.342 e. The fourth-order valence-corrected chi connectivity index (χ4v) is 2.58. The van der Waals surface area contributed by atoms with Crippen LogP contribution in [0.2, 0.25) is 0 Å². The molecule has 4 nitrogen and oxygen atoms in total. The molecule has 0 saturated carbocycles. The number of aryl methyl sites for hydroxylation is 1. The minimum absolute atomic E-state index is 0.237. The average Bonchev–Trinajstić information content (AvgIpc) is 2.62. The summed E-state index contributed by atoms with van der Waals surface area (Å²) in [6, 6.07) is 15.4. The van der Waals surface area contributed by atoms with E-state index in [4.69, 9.17) is 4.74 Å². The van der Waals surface area contributed by atoms with Crippen LogP contribution in [-0.4, -0.2) is 22.5 Å². The monoisotopic (exact) mass is 336 g/mol. The molecule has 0 fully saturated rings. The molecule has 2 aromatic carbocycles. The number of hydrogen-bond acceptors (Lipinski definition) is 4. The summed E-state index contributed by atoms with van der Waals surface area (Å²) in [7, 11) is 0. The van der Waals surface area contributed by atoms with Gasteiger partial charge in [-0.25, -0.2) is 19.2 Å². The van der Waals surface area contributed by atoms with Crippen molar-refractivity contribution in [1.82, 2.24) is 9.97 Å². The van der Waals surface area contributed by atoms with Gasteiger partial charge in [0.1, 0.15) is 11.4 Å². The van der Waals surface area contributed by atoms with E-state index in [1.54, 1.807) is 26.0 Å². The first-order valence-corrected chi connectivity index (χ1v) is 7.97. The van der Waals surface area contributed by atoms with Gasteiger partial charge in [0.2, 0.25) is 0 Å². The summed E-state index contributed by atoms with van der Waals surface area (Å²) >= 11 is 0. The maximum absolute atomic E-state index is 13.7. The van der Waals surface area contributed by atoms with Crippen molar-refractivity contribution in [2.75, 3.05) is 6.61 Å². The summed E-state index contributed by atoms with van der Waals surface area (Å²) in [4.78, 5) is 21.4. The molecule has 0 amide bonds. The predicted molar refractivity (Wildman–Crippen MR) is 93.6 cm³/mol. The van der Waals surface area contributed by atoms with Crippen LogP contribution in [0.3, 0.4) is 0 Å². The van der Waals surface area contributed by atoms with Crippen molar-refractivity contribution in [1.29, 1.82) is 0 Å². The second-order valence-corrected chi connectivity index (χ2v) is 5.45. The lowest BCUT2D eigenvalue weighted by Crippen LogP contribution is -2.12. The van der Waals surface area contributed by atoms with Crippen LogP contribution in [0.4, 0.5) is 4.39 Å². The number of ether oxygens (including phenoxy) is 1. The first kappa shape index (κ1) is 16.8. The molecule has 0 N–H and O–H groups in total. The minimum Gasteiger partial charge on any atom is -0.462 e. The lowest BCUT2D eigenvalue weighted by Gasteiger charge is -2.13. The van der Waals surface area contributed by atoms with Crippen LogP contribution in [-0.2, 0) is 4.74 Å². The number of nitrogens with zero attached hydrogens (tertiary/aromatic N) is 2. The molecule has 0 atom stereocenters. The van der Waals surface area contributed by atoms with Gasteiger partial charge in [-0.15, -0.1) is 0 Å². The summed E-state index contributed by atoms with van der Waals surface area (Å²) in [5.41, 5.74) is 2.44. The van der Waals surface area contributed by atoms with Gasteiger partial charge >= 0.3 is 5.97 Å². The van der Waals surface area contributed by atoms with Gasteiger partial charge < -0.3 is 4.74 Å². The summed E-state index contributed by atoms with van der Waals surface area (Å²) in [6.07, 6.45) is 0. The van der Waals surface area contributed by atoms with Crippen LogP contribution >= 0.6 is 0 Å². The Labute approximate surface area is 145 Å². The van der Waals surface area contributed by atoms with Crippen LogP contribution in [0.25, 0.3) is 22.6 Å². The third-order valence-corrected chi connectivity index (χ3v) is 3.70. The molecule has 5 heteroatoms. The first-order valence-electron chi connectivity index (χ1n) is 7.97. The van der Waals surface area contributed by atoms with Crippen molar-refractivity contribution < 1.29 is 13.9 Å². The summed E-state index contributed by atoms with van der Waals surface area (Å²) in [5.74, 6) is -0.436. The van der Waals surface area contributed by atoms with E-state index in [-0.39, 0.29) is 12.2 Å².